The summed E-state index contributed by atoms with van der Waals surface area (Å²) >= 11 is 0. The number of primary sulfonamides is 1. The summed E-state index contributed by atoms with van der Waals surface area (Å²) in [6.45, 7) is 1.66. The van der Waals surface area contributed by atoms with Crippen molar-refractivity contribution in [3.63, 3.8) is 0 Å². The monoisotopic (exact) mass is 332 g/mol. The smallest absolute Gasteiger partial charge is 0.367 e. The molecule has 1 aliphatic heterocycles. The van der Waals surface area contributed by atoms with E-state index >= 15 is 0 Å². The lowest BCUT2D eigenvalue weighted by Gasteiger charge is -2.00. The normalized spacial score (nSPS) is 16.5. The fourth-order valence-electron chi connectivity index (χ4n) is 2.06. The number of carbonyl (C=O) groups excluding carboxylic acids is 1. The van der Waals surface area contributed by atoms with Gasteiger partial charge in [0.2, 0.25) is 10.0 Å². The van der Waals surface area contributed by atoms with E-state index in [4.69, 9.17) is 9.56 Å². The molecule has 3 rings (SSSR count). The molecule has 8 heteroatoms. The number of nitrogens with zero attached hydrogens (tertiary/aromatic N) is 1. The van der Waals surface area contributed by atoms with E-state index < -0.39 is 16.0 Å². The van der Waals surface area contributed by atoms with Gasteiger partial charge in [-0.1, -0.05) is 5.16 Å². The maximum Gasteiger partial charge on any atom is 0.367 e. The average Bonchev–Trinajstić information content (AvgIpc) is 3.09. The Bertz CT molecular complexity index is 937. The number of oxime groups is 1. The lowest BCUT2D eigenvalue weighted by Crippen LogP contribution is -2.11. The lowest BCUT2D eigenvalue weighted by molar-refractivity contribution is -0.136. The van der Waals surface area contributed by atoms with E-state index in [1.54, 1.807) is 31.2 Å². The Hall–Kier alpha value is -2.71. The molecule has 2 N–H and O–H groups in total. The van der Waals surface area contributed by atoms with Gasteiger partial charge in [0.05, 0.1) is 16.2 Å². The van der Waals surface area contributed by atoms with Crippen molar-refractivity contribution in [2.45, 2.75) is 11.8 Å². The minimum absolute atomic E-state index is 0.0238. The number of benzene rings is 1. The van der Waals surface area contributed by atoms with Crippen LogP contribution in [-0.2, 0) is 19.7 Å². The Morgan fingerprint density at radius 2 is 1.83 bits per heavy atom. The maximum atomic E-state index is 11.5. The van der Waals surface area contributed by atoms with Gasteiger partial charge < -0.3 is 9.25 Å². The van der Waals surface area contributed by atoms with Crippen LogP contribution in [0.15, 0.2) is 56.4 Å². The fraction of sp³-hybridized carbons (Fsp3) is 0.0667. The van der Waals surface area contributed by atoms with E-state index in [1.165, 1.54) is 18.2 Å². The van der Waals surface area contributed by atoms with E-state index in [1.807, 2.05) is 0 Å². The molecule has 0 saturated carbocycles. The molecule has 0 radical (unpaired) electrons. The van der Waals surface area contributed by atoms with E-state index in [0.29, 0.717) is 28.4 Å². The second kappa shape index (κ2) is 5.49. The molecule has 0 aliphatic carbocycles. The maximum absolute atomic E-state index is 11.5. The van der Waals surface area contributed by atoms with E-state index in [-0.39, 0.29) is 4.90 Å². The van der Waals surface area contributed by atoms with Crippen molar-refractivity contribution in [2.75, 3.05) is 0 Å². The highest BCUT2D eigenvalue weighted by Crippen LogP contribution is 2.25. The van der Waals surface area contributed by atoms with Crippen molar-refractivity contribution in [3.8, 4) is 11.3 Å². The fourth-order valence-corrected chi connectivity index (χ4v) is 2.57. The van der Waals surface area contributed by atoms with Crippen molar-refractivity contribution >= 4 is 27.8 Å². The first-order valence-electron chi connectivity index (χ1n) is 6.56. The molecule has 2 aromatic rings. The Kier molecular flexibility index (Phi) is 3.63. The predicted molar refractivity (Wildman–Crippen MR) is 82.7 cm³/mol. The SMILES string of the molecule is CC1=NOC(=O)/C1=C\c1ccc(-c2ccc(S(N)(=O)=O)cc2)o1. The number of hydrogen-bond acceptors (Lipinski definition) is 6. The van der Waals surface area contributed by atoms with Crippen molar-refractivity contribution in [1.82, 2.24) is 0 Å². The van der Waals surface area contributed by atoms with Crippen LogP contribution in [0.4, 0.5) is 0 Å². The van der Waals surface area contributed by atoms with Gasteiger partial charge in [0, 0.05) is 5.56 Å². The third-order valence-electron chi connectivity index (χ3n) is 3.26. The number of furan rings is 1. The summed E-state index contributed by atoms with van der Waals surface area (Å²) in [5.74, 6) is 0.454. The highest BCUT2D eigenvalue weighted by atomic mass is 32.2. The standard InChI is InChI=1S/C15H12N2O5S/c1-9-13(15(18)22-17-9)8-11-4-7-14(21-11)10-2-5-12(6-3-10)23(16,19)20/h2-8H,1H3,(H2,16,19,20)/b13-8-. The van der Waals surface area contributed by atoms with E-state index in [9.17, 15) is 13.2 Å². The van der Waals surface area contributed by atoms with Gasteiger partial charge in [-0.25, -0.2) is 18.4 Å². The highest BCUT2D eigenvalue weighted by molar-refractivity contribution is 7.89. The quantitative estimate of drug-likeness (QED) is 0.681. The molecule has 0 fully saturated rings. The van der Waals surface area contributed by atoms with Crippen molar-refractivity contribution < 1.29 is 22.5 Å². The summed E-state index contributed by atoms with van der Waals surface area (Å²) in [5, 5.41) is 8.63. The minimum atomic E-state index is -3.73. The van der Waals surface area contributed by atoms with Crippen LogP contribution < -0.4 is 5.14 Å². The summed E-state index contributed by atoms with van der Waals surface area (Å²) < 4.78 is 28.1. The van der Waals surface area contributed by atoms with Crippen LogP contribution in [0.5, 0.6) is 0 Å². The lowest BCUT2D eigenvalue weighted by atomic mass is 10.1. The number of carbonyl (C=O) groups is 1. The Morgan fingerprint density at radius 1 is 1.13 bits per heavy atom. The van der Waals surface area contributed by atoms with Crippen molar-refractivity contribution in [1.29, 1.82) is 0 Å². The summed E-state index contributed by atoms with van der Waals surface area (Å²) in [6.07, 6.45) is 1.54. The van der Waals surface area contributed by atoms with Gasteiger partial charge in [-0.3, -0.25) is 0 Å². The molecule has 2 heterocycles. The molecule has 0 atom stereocenters. The van der Waals surface area contributed by atoms with Crippen LogP contribution >= 0.6 is 0 Å². The zero-order chi connectivity index (χ0) is 16.6. The summed E-state index contributed by atoms with van der Waals surface area (Å²) in [7, 11) is -3.73. The van der Waals surface area contributed by atoms with Crippen molar-refractivity contribution in [2.24, 2.45) is 10.3 Å². The Morgan fingerprint density at radius 3 is 2.39 bits per heavy atom. The number of hydrogen-bond donors (Lipinski definition) is 1. The third-order valence-corrected chi connectivity index (χ3v) is 4.19. The minimum Gasteiger partial charge on any atom is -0.457 e. The summed E-state index contributed by atoms with van der Waals surface area (Å²) in [6, 6.07) is 9.38. The third kappa shape index (κ3) is 3.08. The first-order chi connectivity index (χ1) is 10.8. The average molecular weight is 332 g/mol. The number of nitrogens with two attached hydrogens (primary N) is 1. The van der Waals surface area contributed by atoms with Crippen LogP contribution in [0.1, 0.15) is 12.7 Å². The van der Waals surface area contributed by atoms with Gasteiger partial charge in [0.25, 0.3) is 0 Å². The molecular formula is C15H12N2O5S. The number of rotatable bonds is 3. The zero-order valence-electron chi connectivity index (χ0n) is 12.0. The molecule has 23 heavy (non-hydrogen) atoms. The van der Waals surface area contributed by atoms with Gasteiger partial charge >= 0.3 is 5.97 Å². The first-order valence-corrected chi connectivity index (χ1v) is 8.10. The van der Waals surface area contributed by atoms with Crippen LogP contribution in [0.2, 0.25) is 0 Å². The Labute approximate surface area is 132 Å². The van der Waals surface area contributed by atoms with Crippen LogP contribution in [0, 0.1) is 0 Å². The largest absolute Gasteiger partial charge is 0.457 e. The second-order valence-electron chi connectivity index (χ2n) is 4.88. The van der Waals surface area contributed by atoms with E-state index in [2.05, 4.69) is 9.99 Å². The highest BCUT2D eigenvalue weighted by Gasteiger charge is 2.22. The molecule has 0 unspecified atom stereocenters. The van der Waals surface area contributed by atoms with Crippen molar-refractivity contribution in [3.05, 3.63) is 47.7 Å². The molecule has 1 aromatic carbocycles. The molecule has 0 bridgehead atoms. The predicted octanol–water partition coefficient (Wildman–Crippen LogP) is 1.91. The van der Waals surface area contributed by atoms with E-state index in [0.717, 1.165) is 0 Å². The first kappa shape index (κ1) is 15.2. The second-order valence-corrected chi connectivity index (χ2v) is 6.45. The zero-order valence-corrected chi connectivity index (χ0v) is 12.8. The molecule has 1 aromatic heterocycles. The van der Waals surface area contributed by atoms with Gasteiger partial charge in [0.1, 0.15) is 11.5 Å². The van der Waals surface area contributed by atoms with Gasteiger partial charge in [-0.2, -0.15) is 0 Å². The van der Waals surface area contributed by atoms with Crippen LogP contribution in [0.25, 0.3) is 17.4 Å². The molecule has 0 spiro atoms. The summed E-state index contributed by atoms with van der Waals surface area (Å²) in [5.41, 5.74) is 1.49. The van der Waals surface area contributed by atoms with Gasteiger partial charge in [-0.05, 0) is 49.4 Å². The molecule has 118 valence electrons. The molecule has 0 saturated heterocycles. The van der Waals surface area contributed by atoms with Crippen LogP contribution in [0.3, 0.4) is 0 Å². The van der Waals surface area contributed by atoms with Gasteiger partial charge in [0.15, 0.2) is 0 Å². The molecular weight excluding hydrogens is 320 g/mol. The topological polar surface area (TPSA) is 112 Å². The molecule has 7 nitrogen and oxygen atoms in total. The summed E-state index contributed by atoms with van der Waals surface area (Å²) in [4.78, 5) is 16.1. The number of sulfonamides is 1. The molecule has 0 amide bonds. The van der Waals surface area contributed by atoms with Crippen LogP contribution in [-0.4, -0.2) is 20.1 Å². The molecule has 1 aliphatic rings. The Balaban J connectivity index is 1.89. The van der Waals surface area contributed by atoms with Gasteiger partial charge in [-0.15, -0.1) is 0 Å².